The van der Waals surface area contributed by atoms with Crippen LogP contribution in [0.3, 0.4) is 0 Å². The number of morpholine rings is 1. The lowest BCUT2D eigenvalue weighted by Crippen LogP contribution is -2.61. The summed E-state index contributed by atoms with van der Waals surface area (Å²) in [5, 5.41) is 0. The number of amides is 1. The lowest BCUT2D eigenvalue weighted by Gasteiger charge is -2.48. The molecule has 3 rings (SSSR count). The van der Waals surface area contributed by atoms with Gasteiger partial charge in [-0.2, -0.15) is 0 Å². The van der Waals surface area contributed by atoms with Crippen molar-refractivity contribution in [2.75, 3.05) is 31.1 Å². The quantitative estimate of drug-likeness (QED) is 0.723. The standard InChI is InChI=1S/C21H28N4O2/c1-4-6-18(5-2)7-12-24-13-8-21(9-14-24)16-25(20(26)17(3)27-21)19-15-22-10-11-23-19/h4-6,10-11,15,17H,1-2,7-9,12-14,16H2,3H3/b18-6+. The number of anilines is 1. The molecule has 1 amide bonds. The second-order valence-electron chi connectivity index (χ2n) is 7.20. The summed E-state index contributed by atoms with van der Waals surface area (Å²) in [7, 11) is 0. The highest BCUT2D eigenvalue weighted by Crippen LogP contribution is 2.34. The molecule has 144 valence electrons. The van der Waals surface area contributed by atoms with Crippen molar-refractivity contribution < 1.29 is 9.53 Å². The van der Waals surface area contributed by atoms with Crippen LogP contribution in [0, 0.1) is 0 Å². The van der Waals surface area contributed by atoms with E-state index in [1.54, 1.807) is 29.6 Å². The fourth-order valence-electron chi connectivity index (χ4n) is 3.82. The van der Waals surface area contributed by atoms with Gasteiger partial charge >= 0.3 is 0 Å². The minimum absolute atomic E-state index is 0.0475. The number of carbonyl (C=O) groups is 1. The van der Waals surface area contributed by atoms with Crippen molar-refractivity contribution in [3.63, 3.8) is 0 Å². The number of hydrogen-bond donors (Lipinski definition) is 0. The number of rotatable bonds is 6. The molecule has 3 heterocycles. The molecule has 0 saturated carbocycles. The molecule has 1 atom stereocenters. The lowest BCUT2D eigenvalue weighted by atomic mass is 9.88. The van der Waals surface area contributed by atoms with E-state index >= 15 is 0 Å². The lowest BCUT2D eigenvalue weighted by molar-refractivity contribution is -0.161. The van der Waals surface area contributed by atoms with Gasteiger partial charge in [0, 0.05) is 32.0 Å². The van der Waals surface area contributed by atoms with Crippen LogP contribution in [0.5, 0.6) is 0 Å². The third kappa shape index (κ3) is 4.51. The maximum absolute atomic E-state index is 12.6. The molecule has 2 aliphatic rings. The van der Waals surface area contributed by atoms with Crippen molar-refractivity contribution in [2.45, 2.75) is 37.9 Å². The monoisotopic (exact) mass is 368 g/mol. The van der Waals surface area contributed by atoms with Crippen LogP contribution in [0.1, 0.15) is 26.2 Å². The number of ether oxygens (including phenoxy) is 1. The minimum atomic E-state index is -0.463. The number of piperidine rings is 1. The van der Waals surface area contributed by atoms with Crippen LogP contribution in [0.25, 0.3) is 0 Å². The van der Waals surface area contributed by atoms with E-state index in [4.69, 9.17) is 4.74 Å². The molecule has 2 aliphatic heterocycles. The van der Waals surface area contributed by atoms with Gasteiger partial charge in [-0.1, -0.05) is 31.4 Å². The SMILES string of the molecule is C=C/C=C(\C=C)CCN1CCC2(CC1)CN(c1cnccn1)C(=O)C(C)O2. The van der Waals surface area contributed by atoms with Crippen molar-refractivity contribution in [1.29, 1.82) is 0 Å². The van der Waals surface area contributed by atoms with Gasteiger partial charge in [-0.25, -0.2) is 4.98 Å². The second kappa shape index (κ2) is 8.59. The Bertz CT molecular complexity index is 708. The summed E-state index contributed by atoms with van der Waals surface area (Å²) >= 11 is 0. The maximum Gasteiger partial charge on any atom is 0.257 e. The number of nitrogens with zero attached hydrogens (tertiary/aromatic N) is 4. The molecule has 2 saturated heterocycles. The predicted molar refractivity (Wildman–Crippen MR) is 106 cm³/mol. The molecule has 0 aromatic carbocycles. The Labute approximate surface area is 161 Å². The normalized spacial score (nSPS) is 23.4. The van der Waals surface area contributed by atoms with Gasteiger partial charge < -0.3 is 9.64 Å². The first kappa shape index (κ1) is 19.5. The zero-order valence-electron chi connectivity index (χ0n) is 16.0. The molecule has 0 radical (unpaired) electrons. The first-order chi connectivity index (χ1) is 13.1. The summed E-state index contributed by atoms with van der Waals surface area (Å²) in [5.74, 6) is 0.554. The Hall–Kier alpha value is -2.31. The van der Waals surface area contributed by atoms with Gasteiger partial charge in [-0.15, -0.1) is 0 Å². The molecule has 6 heteroatoms. The van der Waals surface area contributed by atoms with Crippen molar-refractivity contribution in [2.24, 2.45) is 0 Å². The van der Waals surface area contributed by atoms with Gasteiger partial charge in [0.2, 0.25) is 0 Å². The first-order valence-electron chi connectivity index (χ1n) is 9.48. The fourth-order valence-corrected chi connectivity index (χ4v) is 3.82. The Morgan fingerprint density at radius 3 is 2.78 bits per heavy atom. The average Bonchev–Trinajstić information content (AvgIpc) is 2.70. The number of likely N-dealkylation sites (tertiary alicyclic amines) is 1. The van der Waals surface area contributed by atoms with Crippen LogP contribution in [0.4, 0.5) is 5.82 Å². The van der Waals surface area contributed by atoms with Crippen LogP contribution in [0.2, 0.25) is 0 Å². The number of aromatic nitrogens is 2. The first-order valence-corrected chi connectivity index (χ1v) is 9.48. The molecule has 27 heavy (non-hydrogen) atoms. The third-order valence-electron chi connectivity index (χ3n) is 5.39. The molecule has 1 unspecified atom stereocenters. The minimum Gasteiger partial charge on any atom is -0.360 e. The molecule has 1 aromatic heterocycles. The van der Waals surface area contributed by atoms with E-state index in [1.807, 2.05) is 19.1 Å². The number of carbonyl (C=O) groups excluding carboxylic acids is 1. The zero-order chi connectivity index (χ0) is 19.3. The van der Waals surface area contributed by atoms with Gasteiger partial charge in [-0.3, -0.25) is 14.7 Å². The van der Waals surface area contributed by atoms with Crippen molar-refractivity contribution in [3.8, 4) is 0 Å². The molecule has 1 aromatic rings. The largest absolute Gasteiger partial charge is 0.360 e. The van der Waals surface area contributed by atoms with E-state index in [2.05, 4.69) is 28.0 Å². The van der Waals surface area contributed by atoms with E-state index in [9.17, 15) is 4.79 Å². The number of allylic oxidation sites excluding steroid dienone is 3. The predicted octanol–water partition coefficient (Wildman–Crippen LogP) is 2.75. The average molecular weight is 368 g/mol. The van der Waals surface area contributed by atoms with E-state index in [0.717, 1.165) is 38.9 Å². The molecule has 0 bridgehead atoms. The second-order valence-corrected chi connectivity index (χ2v) is 7.20. The summed E-state index contributed by atoms with van der Waals surface area (Å²) in [6.07, 6.45) is 12.9. The topological polar surface area (TPSA) is 58.6 Å². The summed E-state index contributed by atoms with van der Waals surface area (Å²) in [6.45, 7) is 12.9. The van der Waals surface area contributed by atoms with Crippen molar-refractivity contribution >= 4 is 11.7 Å². The van der Waals surface area contributed by atoms with Crippen LogP contribution >= 0.6 is 0 Å². The van der Waals surface area contributed by atoms with Crippen molar-refractivity contribution in [1.82, 2.24) is 14.9 Å². The highest BCUT2D eigenvalue weighted by atomic mass is 16.5. The Kier molecular flexibility index (Phi) is 6.19. The fraction of sp³-hybridized carbons (Fsp3) is 0.476. The van der Waals surface area contributed by atoms with Gasteiger partial charge in [0.25, 0.3) is 5.91 Å². The molecule has 0 aliphatic carbocycles. The van der Waals surface area contributed by atoms with E-state index < -0.39 is 6.10 Å². The molecule has 0 N–H and O–H groups in total. The Morgan fingerprint density at radius 1 is 1.37 bits per heavy atom. The van der Waals surface area contributed by atoms with E-state index in [1.165, 1.54) is 5.57 Å². The van der Waals surface area contributed by atoms with E-state index in [0.29, 0.717) is 12.4 Å². The summed E-state index contributed by atoms with van der Waals surface area (Å²) in [6, 6.07) is 0. The summed E-state index contributed by atoms with van der Waals surface area (Å²) in [5.41, 5.74) is 0.895. The van der Waals surface area contributed by atoms with Crippen LogP contribution in [-0.4, -0.2) is 58.7 Å². The van der Waals surface area contributed by atoms with E-state index in [-0.39, 0.29) is 11.5 Å². The highest BCUT2D eigenvalue weighted by molar-refractivity contribution is 5.96. The summed E-state index contributed by atoms with van der Waals surface area (Å²) < 4.78 is 6.21. The van der Waals surface area contributed by atoms with Crippen LogP contribution < -0.4 is 4.90 Å². The highest BCUT2D eigenvalue weighted by Gasteiger charge is 2.46. The zero-order valence-corrected chi connectivity index (χ0v) is 16.0. The van der Waals surface area contributed by atoms with Crippen LogP contribution in [-0.2, 0) is 9.53 Å². The molecule has 1 spiro atoms. The van der Waals surface area contributed by atoms with Gasteiger partial charge in [0.05, 0.1) is 18.3 Å². The molecule has 6 nitrogen and oxygen atoms in total. The van der Waals surface area contributed by atoms with Crippen LogP contribution in [0.15, 0.2) is 55.5 Å². The Morgan fingerprint density at radius 2 is 2.15 bits per heavy atom. The van der Waals surface area contributed by atoms with Crippen molar-refractivity contribution in [3.05, 3.63) is 55.5 Å². The van der Waals surface area contributed by atoms with Gasteiger partial charge in [0.1, 0.15) is 6.10 Å². The maximum atomic E-state index is 12.6. The smallest absolute Gasteiger partial charge is 0.257 e. The summed E-state index contributed by atoms with van der Waals surface area (Å²) in [4.78, 5) is 25.2. The van der Waals surface area contributed by atoms with Gasteiger partial charge in [0.15, 0.2) is 5.82 Å². The molecular formula is C21H28N4O2. The number of hydrogen-bond acceptors (Lipinski definition) is 5. The van der Waals surface area contributed by atoms with Gasteiger partial charge in [-0.05, 0) is 31.8 Å². The Balaban J connectivity index is 1.62. The molecule has 2 fully saturated rings. The third-order valence-corrected chi connectivity index (χ3v) is 5.39. The molecular weight excluding hydrogens is 340 g/mol.